The van der Waals surface area contributed by atoms with Crippen LogP contribution in [0.25, 0.3) is 0 Å². The molecule has 28 heteroatoms. The van der Waals surface area contributed by atoms with Crippen LogP contribution in [0.4, 0.5) is 0 Å². The van der Waals surface area contributed by atoms with Crippen molar-refractivity contribution in [1.82, 2.24) is 0 Å². The first kappa shape index (κ1) is 59.5. The number of esters is 6. The Bertz CT molecular complexity index is 1670. The van der Waals surface area contributed by atoms with Gasteiger partial charge in [-0.1, -0.05) is 13.8 Å². The number of quaternary nitrogens is 2. The number of carbonyl (C=O) groups is 12. The molecule has 0 fully saturated rings. The Morgan fingerprint density at radius 1 is 0.455 bits per heavy atom. The zero-order valence-corrected chi connectivity index (χ0v) is 37.5. The van der Waals surface area contributed by atoms with Crippen molar-refractivity contribution in [2.75, 3.05) is 68.6 Å². The van der Waals surface area contributed by atoms with E-state index in [-0.39, 0.29) is 48.1 Å². The molecule has 0 heterocycles. The lowest BCUT2D eigenvalue weighted by molar-refractivity contribution is -0.870. The van der Waals surface area contributed by atoms with E-state index in [1.807, 2.05) is 0 Å². The van der Waals surface area contributed by atoms with Gasteiger partial charge in [-0.25, -0.2) is 28.8 Å². The second-order valence-corrected chi connectivity index (χ2v) is 16.3. The second-order valence-electron chi connectivity index (χ2n) is 16.3. The van der Waals surface area contributed by atoms with E-state index in [1.54, 1.807) is 42.3 Å². The lowest BCUT2D eigenvalue weighted by Crippen LogP contribution is -2.49. The summed E-state index contributed by atoms with van der Waals surface area (Å²) < 4.78 is 40.1. The highest BCUT2D eigenvalue weighted by atomic mass is 16.7. The van der Waals surface area contributed by atoms with Gasteiger partial charge >= 0.3 is 84.2 Å². The summed E-state index contributed by atoms with van der Waals surface area (Å²) in [6.07, 6.45) is -17.9. The number of nitrogens with zero attached hydrogens (tertiary/aromatic N) is 2. The first-order valence-electron chi connectivity index (χ1n) is 19.7. The van der Waals surface area contributed by atoms with Gasteiger partial charge in [0.05, 0.1) is 80.8 Å². The number of carboxylic acid groups (broad SMARTS) is 6. The van der Waals surface area contributed by atoms with Crippen LogP contribution in [0.15, 0.2) is 0 Å². The third-order valence-corrected chi connectivity index (χ3v) is 8.40. The molecule has 28 nitrogen and oxygen atoms in total. The normalized spacial score (nSPS) is 15.1. The molecular weight excluding hydrogens is 900 g/mol. The zero-order valence-electron chi connectivity index (χ0n) is 37.5. The van der Waals surface area contributed by atoms with Gasteiger partial charge in [0.1, 0.15) is 26.3 Å². The largest absolute Gasteiger partial charge is 0.481 e. The quantitative estimate of drug-likeness (QED) is 0.0183. The summed E-state index contributed by atoms with van der Waals surface area (Å²) in [4.78, 5) is 149. The Labute approximate surface area is 376 Å². The molecule has 0 aromatic rings. The summed E-state index contributed by atoms with van der Waals surface area (Å²) in [5.41, 5.74) is -6.70. The standard InChI is InChI=1S/C38H56N2O26/c1-9-21(29(49)50)61-31(53)33(59-15-13-39(3,4)5)63-27(47)19-37(35(55)56,17-23(41)42)65-25(45)11-12-26(46)66-38(36(57)58,18-24(43)44)20-28(48)64-34(60-16-14-40(6,7)8)32(54)62-22(10-2)30(51)52/h21-22,33-34H,9-20H2,1-8H3,(H4-2,41,42,43,44,49,50,51,52,55,56,57,58)/p+2. The number of aliphatic carboxylic acids is 6. The van der Waals surface area contributed by atoms with E-state index in [4.69, 9.17) is 37.9 Å². The summed E-state index contributed by atoms with van der Waals surface area (Å²) in [5, 5.41) is 57.6. The van der Waals surface area contributed by atoms with Gasteiger partial charge in [-0.3, -0.25) is 28.8 Å². The molecule has 0 radical (unpaired) electrons. The molecule has 0 aliphatic heterocycles. The molecule has 0 aromatic carbocycles. The molecule has 374 valence electrons. The number of likely N-dealkylation sites (N-methyl/N-ethyl adjacent to an activating group) is 2. The molecule has 0 saturated heterocycles. The van der Waals surface area contributed by atoms with Crippen molar-refractivity contribution < 1.29 is 135 Å². The first-order chi connectivity index (χ1) is 30.2. The molecule has 0 aliphatic rings. The molecule has 0 aliphatic carbocycles. The van der Waals surface area contributed by atoms with Gasteiger partial charge in [-0.05, 0) is 12.8 Å². The van der Waals surface area contributed by atoms with Gasteiger partial charge in [-0.2, -0.15) is 0 Å². The van der Waals surface area contributed by atoms with E-state index in [2.05, 4.69) is 0 Å². The highest BCUT2D eigenvalue weighted by Crippen LogP contribution is 2.27. The molecule has 0 rings (SSSR count). The van der Waals surface area contributed by atoms with Crippen LogP contribution >= 0.6 is 0 Å². The third-order valence-electron chi connectivity index (χ3n) is 8.40. The fourth-order valence-electron chi connectivity index (χ4n) is 4.85. The minimum atomic E-state index is -3.35. The number of carbonyl (C=O) groups excluding carboxylic acids is 6. The van der Waals surface area contributed by atoms with Gasteiger partial charge in [0, 0.05) is 0 Å². The summed E-state index contributed by atoms with van der Waals surface area (Å²) in [6.45, 7) is 2.30. The number of ether oxygens (including phenoxy) is 8. The number of rotatable bonds is 33. The molecule has 66 heavy (non-hydrogen) atoms. The molecule has 6 N–H and O–H groups in total. The molecule has 6 atom stereocenters. The Balaban J connectivity index is 6.43. The first-order valence-corrected chi connectivity index (χ1v) is 19.7. The molecule has 0 bridgehead atoms. The van der Waals surface area contributed by atoms with Crippen LogP contribution in [0.5, 0.6) is 0 Å². The lowest BCUT2D eigenvalue weighted by atomic mass is 9.95. The maximum Gasteiger partial charge on any atom is 0.377 e. The Morgan fingerprint density at radius 2 is 0.758 bits per heavy atom. The number of hydrogen-bond acceptors (Lipinski definition) is 20. The molecule has 0 aromatic heterocycles. The van der Waals surface area contributed by atoms with Gasteiger partial charge < -0.3 is 77.5 Å². The average Bonchev–Trinajstić information content (AvgIpc) is 3.15. The fourth-order valence-corrected chi connectivity index (χ4v) is 4.85. The van der Waals surface area contributed by atoms with Crippen molar-refractivity contribution in [1.29, 1.82) is 0 Å². The van der Waals surface area contributed by atoms with E-state index in [9.17, 15) is 88.2 Å². The van der Waals surface area contributed by atoms with Gasteiger partial charge in [0.2, 0.25) is 11.2 Å². The van der Waals surface area contributed by atoms with Crippen LogP contribution in [0, 0.1) is 0 Å². The van der Waals surface area contributed by atoms with Crippen molar-refractivity contribution in [3.8, 4) is 0 Å². The minimum absolute atomic E-state index is 0.155. The fraction of sp³-hybridized carbons (Fsp3) is 0.684. The molecule has 6 unspecified atom stereocenters. The van der Waals surface area contributed by atoms with E-state index in [1.165, 1.54) is 13.8 Å². The summed E-state index contributed by atoms with van der Waals surface area (Å²) in [6, 6.07) is 0. The summed E-state index contributed by atoms with van der Waals surface area (Å²) in [5.74, 6) is -21.8. The molecular formula is C38H58N2O26+2. The van der Waals surface area contributed by atoms with Gasteiger partial charge in [0.25, 0.3) is 0 Å². The zero-order chi connectivity index (χ0) is 51.4. The Hall–Kier alpha value is -6.52. The third kappa shape index (κ3) is 22.4. The van der Waals surface area contributed by atoms with Crippen LogP contribution in [0.2, 0.25) is 0 Å². The van der Waals surface area contributed by atoms with Crippen molar-refractivity contribution in [2.24, 2.45) is 0 Å². The van der Waals surface area contributed by atoms with E-state index >= 15 is 0 Å². The minimum Gasteiger partial charge on any atom is -0.481 e. The number of carboxylic acids is 6. The smallest absolute Gasteiger partial charge is 0.377 e. The molecule has 0 saturated carbocycles. The average molecular weight is 959 g/mol. The predicted octanol–water partition coefficient (Wildman–Crippen LogP) is -1.77. The van der Waals surface area contributed by atoms with Gasteiger partial charge in [0.15, 0.2) is 12.2 Å². The monoisotopic (exact) mass is 958 g/mol. The maximum atomic E-state index is 13.1. The van der Waals surface area contributed by atoms with Crippen molar-refractivity contribution in [3.63, 3.8) is 0 Å². The van der Waals surface area contributed by atoms with Crippen LogP contribution in [0.3, 0.4) is 0 Å². The maximum absolute atomic E-state index is 13.1. The predicted molar refractivity (Wildman–Crippen MR) is 209 cm³/mol. The second kappa shape index (κ2) is 26.4. The highest BCUT2D eigenvalue weighted by Gasteiger charge is 2.50. The Morgan fingerprint density at radius 3 is 0.985 bits per heavy atom. The van der Waals surface area contributed by atoms with Crippen LogP contribution in [-0.4, -0.2) is 216 Å². The van der Waals surface area contributed by atoms with Crippen LogP contribution < -0.4 is 0 Å². The summed E-state index contributed by atoms with van der Waals surface area (Å²) >= 11 is 0. The van der Waals surface area contributed by atoms with E-state index in [0.29, 0.717) is 0 Å². The topological polar surface area (TPSA) is 400 Å². The number of hydrogen-bond donors (Lipinski definition) is 6. The summed E-state index contributed by atoms with van der Waals surface area (Å²) in [7, 11) is 10.2. The van der Waals surface area contributed by atoms with Crippen molar-refractivity contribution in [2.45, 2.75) is 101 Å². The van der Waals surface area contributed by atoms with Crippen molar-refractivity contribution in [3.05, 3.63) is 0 Å². The van der Waals surface area contributed by atoms with Crippen LogP contribution in [0.1, 0.15) is 65.2 Å². The Kier molecular flexibility index (Phi) is 23.8. The van der Waals surface area contributed by atoms with E-state index < -0.39 is 146 Å². The van der Waals surface area contributed by atoms with Crippen LogP contribution in [-0.2, 0) is 95.4 Å². The molecule has 0 amide bonds. The SMILES string of the molecule is CCC(OC(=O)C(OCC[N+](C)(C)C)OC(=O)CC(CC(=O)O)(OC(=O)CCC(=O)OC(CC(=O)O)(CC(=O)OC(OCC[N+](C)(C)C)C(=O)OC(CC)C(=O)O)C(=O)O)C(=O)O)C(=O)O. The lowest BCUT2D eigenvalue weighted by Gasteiger charge is -2.29. The van der Waals surface area contributed by atoms with Gasteiger partial charge in [-0.15, -0.1) is 0 Å². The van der Waals surface area contributed by atoms with E-state index in [0.717, 1.165) is 0 Å². The van der Waals surface area contributed by atoms with Crippen molar-refractivity contribution >= 4 is 71.6 Å². The molecule has 0 spiro atoms. The highest BCUT2D eigenvalue weighted by molar-refractivity contribution is 5.94.